The molecule has 2 saturated heterocycles. The zero-order chi connectivity index (χ0) is 27.6. The normalized spacial score (nSPS) is 18.2. The van der Waals surface area contributed by atoms with E-state index in [2.05, 4.69) is 49.4 Å². The molecular weight excluding hydrogens is 538 g/mol. The summed E-state index contributed by atoms with van der Waals surface area (Å²) in [6.07, 6.45) is 7.48. The highest BCUT2D eigenvalue weighted by atomic mass is 35.5. The lowest BCUT2D eigenvalue weighted by atomic mass is 10.1. The van der Waals surface area contributed by atoms with Crippen molar-refractivity contribution < 1.29 is 8.42 Å². The van der Waals surface area contributed by atoms with Gasteiger partial charge in [-0.25, -0.2) is 27.4 Å². The first-order chi connectivity index (χ1) is 18.7. The Morgan fingerprint density at radius 3 is 2.54 bits per heavy atom. The van der Waals surface area contributed by atoms with Crippen molar-refractivity contribution >= 4 is 27.6 Å². The predicted octanol–water partition coefficient (Wildman–Crippen LogP) is 2.44. The summed E-state index contributed by atoms with van der Waals surface area (Å²) in [7, 11) is -1.05. The molecule has 2 aliphatic rings. The van der Waals surface area contributed by atoms with E-state index in [1.807, 2.05) is 12.1 Å². The van der Waals surface area contributed by atoms with E-state index < -0.39 is 10.0 Å². The first-order valence-corrected chi connectivity index (χ1v) is 15.2. The van der Waals surface area contributed by atoms with Gasteiger partial charge < -0.3 is 10.2 Å². The second-order valence-electron chi connectivity index (χ2n) is 10.2. The lowest BCUT2D eigenvalue weighted by molar-refractivity contribution is 0.148. The van der Waals surface area contributed by atoms with Crippen molar-refractivity contribution in [1.82, 2.24) is 33.9 Å². The van der Waals surface area contributed by atoms with Gasteiger partial charge in [-0.15, -0.1) is 0 Å². The molecule has 2 aromatic heterocycles. The average molecular weight is 570 g/mol. The molecule has 5 rings (SSSR count). The van der Waals surface area contributed by atoms with Gasteiger partial charge in [0.05, 0.1) is 40.6 Å². The fourth-order valence-corrected chi connectivity index (χ4v) is 6.11. The summed E-state index contributed by atoms with van der Waals surface area (Å²) in [5.74, 6) is 0.390. The quantitative estimate of drug-likeness (QED) is 0.457. The zero-order valence-corrected chi connectivity index (χ0v) is 23.7. The van der Waals surface area contributed by atoms with Crippen molar-refractivity contribution in [1.29, 1.82) is 5.26 Å². The van der Waals surface area contributed by atoms with E-state index in [9.17, 15) is 13.7 Å². The number of anilines is 1. The van der Waals surface area contributed by atoms with E-state index in [-0.39, 0.29) is 6.04 Å². The molecule has 1 N–H and O–H groups in total. The highest BCUT2D eigenvalue weighted by Gasteiger charge is 2.25. The predicted molar refractivity (Wildman–Crippen MR) is 150 cm³/mol. The third-order valence-corrected chi connectivity index (χ3v) is 8.89. The van der Waals surface area contributed by atoms with Gasteiger partial charge in [-0.2, -0.15) is 10.4 Å². The van der Waals surface area contributed by atoms with Crippen LogP contribution in [0.2, 0.25) is 5.02 Å². The largest absolute Gasteiger partial charge is 0.351 e. The van der Waals surface area contributed by atoms with E-state index in [1.54, 1.807) is 17.1 Å². The molecule has 2 aliphatic heterocycles. The molecule has 0 unspecified atom stereocenters. The van der Waals surface area contributed by atoms with Crippen LogP contribution < -0.4 is 5.32 Å². The number of nitrogens with zero attached hydrogens (tertiary/aromatic N) is 8. The molecule has 4 heterocycles. The van der Waals surface area contributed by atoms with Gasteiger partial charge >= 0.3 is 0 Å². The van der Waals surface area contributed by atoms with Gasteiger partial charge in [0.1, 0.15) is 6.07 Å². The fourth-order valence-electron chi connectivity index (χ4n) is 4.94. The maximum atomic E-state index is 11.8. The number of nitriles is 1. The van der Waals surface area contributed by atoms with Gasteiger partial charge in [0.2, 0.25) is 16.0 Å². The topological polar surface area (TPSA) is 123 Å². The fraction of sp³-hybridized carbons (Fsp3) is 0.462. The lowest BCUT2D eigenvalue weighted by Gasteiger charge is -2.32. The Hall–Kier alpha value is -3.08. The molecule has 13 heteroatoms. The second-order valence-corrected chi connectivity index (χ2v) is 12.6. The molecule has 0 aliphatic carbocycles. The summed E-state index contributed by atoms with van der Waals surface area (Å²) in [4.78, 5) is 13.7. The molecule has 1 aromatic carbocycles. The first-order valence-electron chi connectivity index (χ1n) is 12.9. The summed E-state index contributed by atoms with van der Waals surface area (Å²) in [6, 6.07) is 8.22. The minimum Gasteiger partial charge on any atom is -0.351 e. The van der Waals surface area contributed by atoms with E-state index in [0.29, 0.717) is 53.7 Å². The van der Waals surface area contributed by atoms with Gasteiger partial charge in [-0.05, 0) is 37.6 Å². The number of hydrogen-bond donors (Lipinski definition) is 1. The Morgan fingerprint density at radius 1 is 1.13 bits per heavy atom. The minimum atomic E-state index is -3.19. The molecule has 0 spiro atoms. The number of rotatable bonds is 7. The number of benzene rings is 1. The molecule has 3 aromatic rings. The zero-order valence-electron chi connectivity index (χ0n) is 22.1. The summed E-state index contributed by atoms with van der Waals surface area (Å²) >= 11 is 6.67. The van der Waals surface area contributed by atoms with Crippen LogP contribution in [0.4, 0.5) is 5.95 Å². The van der Waals surface area contributed by atoms with Crippen LogP contribution in [-0.4, -0.2) is 101 Å². The lowest BCUT2D eigenvalue weighted by Crippen LogP contribution is -2.43. The van der Waals surface area contributed by atoms with Crippen molar-refractivity contribution in [3.05, 3.63) is 52.9 Å². The van der Waals surface area contributed by atoms with Crippen LogP contribution in [0, 0.1) is 11.3 Å². The summed E-state index contributed by atoms with van der Waals surface area (Å²) in [5.41, 5.74) is 3.37. The van der Waals surface area contributed by atoms with Crippen molar-refractivity contribution in [2.24, 2.45) is 0 Å². The maximum Gasteiger partial charge on any atom is 0.223 e. The molecule has 39 heavy (non-hydrogen) atoms. The molecule has 2 fully saturated rings. The molecular formula is C26H32ClN9O2S. The van der Waals surface area contributed by atoms with Gasteiger partial charge in [0, 0.05) is 63.6 Å². The Morgan fingerprint density at radius 2 is 1.87 bits per heavy atom. The Labute approximate surface area is 234 Å². The van der Waals surface area contributed by atoms with E-state index in [0.717, 1.165) is 44.0 Å². The van der Waals surface area contributed by atoms with E-state index in [4.69, 9.17) is 11.6 Å². The second kappa shape index (κ2) is 11.6. The van der Waals surface area contributed by atoms with Crippen LogP contribution in [0.3, 0.4) is 0 Å². The standard InChI is InChI=1S/C26H32ClN9O2S/c1-33-9-11-34(12-10-33)17-19-3-4-24(23(27)13-19)36-18-21(16-30-36)25-20(14-28)15-29-26(32-25)31-22-5-7-35(8-6-22)39(2,37)38/h3-4,13,15-16,18,22H,5-12,17H2,1-2H3,(H,29,31,32). The SMILES string of the molecule is CN1CCN(Cc2ccc(-n3cc(-c4nc(NC5CCN(S(C)(=O)=O)CC5)ncc4C#N)cn3)c(Cl)c2)CC1. The van der Waals surface area contributed by atoms with Crippen molar-refractivity contribution in [2.45, 2.75) is 25.4 Å². The number of halogens is 1. The smallest absolute Gasteiger partial charge is 0.223 e. The number of hydrogen-bond acceptors (Lipinski definition) is 9. The van der Waals surface area contributed by atoms with Gasteiger partial charge in [-0.3, -0.25) is 4.90 Å². The van der Waals surface area contributed by atoms with Gasteiger partial charge in [0.15, 0.2) is 0 Å². The van der Waals surface area contributed by atoms with Crippen LogP contribution in [0.1, 0.15) is 24.0 Å². The Bertz CT molecular complexity index is 1470. The van der Waals surface area contributed by atoms with Crippen molar-refractivity contribution in [3.63, 3.8) is 0 Å². The van der Waals surface area contributed by atoms with Crippen LogP contribution in [-0.2, 0) is 16.6 Å². The molecule has 0 atom stereocenters. The highest BCUT2D eigenvalue weighted by Crippen LogP contribution is 2.27. The van der Waals surface area contributed by atoms with Gasteiger partial charge in [-0.1, -0.05) is 17.7 Å². The van der Waals surface area contributed by atoms with Crippen molar-refractivity contribution in [2.75, 3.05) is 57.9 Å². The van der Waals surface area contributed by atoms with E-state index in [1.165, 1.54) is 16.8 Å². The number of likely N-dealkylation sites (N-methyl/N-ethyl adjacent to an activating group) is 1. The minimum absolute atomic E-state index is 0.0367. The summed E-state index contributed by atoms with van der Waals surface area (Å²) in [5, 5.41) is 18.1. The van der Waals surface area contributed by atoms with E-state index >= 15 is 0 Å². The summed E-state index contributed by atoms with van der Waals surface area (Å²) < 4.78 is 26.7. The monoisotopic (exact) mass is 569 g/mol. The van der Waals surface area contributed by atoms with Crippen LogP contribution in [0.5, 0.6) is 0 Å². The summed E-state index contributed by atoms with van der Waals surface area (Å²) in [6.45, 7) is 5.95. The van der Waals surface area contributed by atoms with Crippen LogP contribution >= 0.6 is 11.6 Å². The molecule has 11 nitrogen and oxygen atoms in total. The maximum absolute atomic E-state index is 11.8. The van der Waals surface area contributed by atoms with Crippen LogP contribution in [0.25, 0.3) is 16.9 Å². The first kappa shape index (κ1) is 27.5. The van der Waals surface area contributed by atoms with Gasteiger partial charge in [0.25, 0.3) is 0 Å². The molecule has 0 radical (unpaired) electrons. The number of aromatic nitrogens is 4. The third-order valence-electron chi connectivity index (χ3n) is 7.28. The highest BCUT2D eigenvalue weighted by molar-refractivity contribution is 7.88. The number of piperidine rings is 1. The average Bonchev–Trinajstić information content (AvgIpc) is 3.40. The van der Waals surface area contributed by atoms with Crippen LogP contribution in [0.15, 0.2) is 36.8 Å². The van der Waals surface area contributed by atoms with Crippen molar-refractivity contribution in [3.8, 4) is 23.0 Å². The Balaban J connectivity index is 1.30. The Kier molecular flexibility index (Phi) is 8.16. The third kappa shape index (κ3) is 6.57. The number of sulfonamides is 1. The molecule has 206 valence electrons. The molecule has 0 amide bonds. The number of piperazine rings is 1. The molecule has 0 saturated carbocycles. The number of nitrogens with one attached hydrogen (secondary N) is 1. The molecule has 0 bridgehead atoms.